The van der Waals surface area contributed by atoms with Gasteiger partial charge < -0.3 is 4.43 Å². The number of aryl methyl sites for hydroxylation is 1. The van der Waals surface area contributed by atoms with Crippen molar-refractivity contribution in [2.24, 2.45) is 4.99 Å². The predicted octanol–water partition coefficient (Wildman–Crippen LogP) is 5.02. The van der Waals surface area contributed by atoms with Crippen LogP contribution in [0.4, 0.5) is 5.69 Å². The van der Waals surface area contributed by atoms with Gasteiger partial charge in [-0.05, 0) is 49.6 Å². The van der Waals surface area contributed by atoms with E-state index >= 15 is 0 Å². The molecule has 2 rings (SSSR count). The number of hydrogen-bond acceptors (Lipinski definition) is 3. The maximum atomic E-state index is 6.16. The molecule has 0 N–H and O–H groups in total. The number of benzene rings is 1. The number of aliphatic imine (C=N–C) groups is 1. The van der Waals surface area contributed by atoms with Gasteiger partial charge in [-0.25, -0.2) is 0 Å². The second kappa shape index (κ2) is 5.71. The number of thiophene rings is 1. The Morgan fingerprint density at radius 2 is 1.95 bits per heavy atom. The maximum absolute atomic E-state index is 6.16. The molecular weight excluding hydrogens is 270 g/mol. The Balaban J connectivity index is 2.32. The van der Waals surface area contributed by atoms with E-state index < -0.39 is 8.32 Å². The fourth-order valence-electron chi connectivity index (χ4n) is 1.68. The molecule has 4 heteroatoms. The molecule has 0 atom stereocenters. The molecule has 0 fully saturated rings. The van der Waals surface area contributed by atoms with Crippen LogP contribution in [0.15, 0.2) is 40.7 Å². The Morgan fingerprint density at radius 1 is 1.16 bits per heavy atom. The normalized spacial score (nSPS) is 12.0. The molecule has 2 nitrogen and oxygen atoms in total. The van der Waals surface area contributed by atoms with E-state index in [9.17, 15) is 0 Å². The molecule has 0 bridgehead atoms. The predicted molar refractivity (Wildman–Crippen MR) is 86.7 cm³/mol. The summed E-state index contributed by atoms with van der Waals surface area (Å²) in [6, 6.07) is 10.2. The van der Waals surface area contributed by atoms with E-state index in [2.05, 4.69) is 49.1 Å². The molecule has 0 amide bonds. The summed E-state index contributed by atoms with van der Waals surface area (Å²) in [5.41, 5.74) is 2.05. The fourth-order valence-corrected chi connectivity index (χ4v) is 3.14. The highest BCUT2D eigenvalue weighted by atomic mass is 32.1. The van der Waals surface area contributed by atoms with E-state index in [0.717, 1.165) is 21.9 Å². The number of para-hydroxylation sites is 1. The summed E-state index contributed by atoms with van der Waals surface area (Å²) < 4.78 is 6.16. The quantitative estimate of drug-likeness (QED) is 0.572. The van der Waals surface area contributed by atoms with Gasteiger partial charge in [0.15, 0.2) is 0 Å². The fraction of sp³-hybridized carbons (Fsp3) is 0.267. The highest BCUT2D eigenvalue weighted by Crippen LogP contribution is 2.33. The SMILES string of the molecule is Cc1cccc(N=Cc2cccs2)c1O[Si](C)(C)C. The van der Waals surface area contributed by atoms with E-state index in [1.165, 1.54) is 0 Å². The van der Waals surface area contributed by atoms with Gasteiger partial charge in [-0.1, -0.05) is 18.2 Å². The van der Waals surface area contributed by atoms with Crippen molar-refractivity contribution in [3.05, 3.63) is 46.2 Å². The first-order valence-corrected chi connectivity index (χ1v) is 10.6. The first-order valence-electron chi connectivity index (χ1n) is 6.32. The second-order valence-electron chi connectivity index (χ2n) is 5.41. The molecular formula is C15H19NOSSi. The largest absolute Gasteiger partial charge is 0.543 e. The van der Waals surface area contributed by atoms with E-state index in [1.807, 2.05) is 24.4 Å². The van der Waals surface area contributed by atoms with Crippen molar-refractivity contribution in [3.8, 4) is 5.75 Å². The van der Waals surface area contributed by atoms with Crippen LogP contribution in [-0.2, 0) is 0 Å². The van der Waals surface area contributed by atoms with Gasteiger partial charge in [0.1, 0.15) is 11.4 Å². The smallest absolute Gasteiger partial charge is 0.242 e. The van der Waals surface area contributed by atoms with Crippen molar-refractivity contribution in [2.45, 2.75) is 26.6 Å². The zero-order valence-corrected chi connectivity index (χ0v) is 13.6. The average Bonchev–Trinajstić information content (AvgIpc) is 2.81. The summed E-state index contributed by atoms with van der Waals surface area (Å²) in [6.45, 7) is 8.63. The second-order valence-corrected chi connectivity index (χ2v) is 10.8. The third-order valence-electron chi connectivity index (χ3n) is 2.47. The molecule has 0 saturated heterocycles. The molecule has 1 aromatic heterocycles. The molecule has 0 aliphatic rings. The molecule has 0 aliphatic carbocycles. The van der Waals surface area contributed by atoms with E-state index in [1.54, 1.807) is 11.3 Å². The minimum atomic E-state index is -1.63. The van der Waals surface area contributed by atoms with Crippen LogP contribution in [-0.4, -0.2) is 14.5 Å². The summed E-state index contributed by atoms with van der Waals surface area (Å²) in [6.07, 6.45) is 1.90. The Morgan fingerprint density at radius 3 is 2.58 bits per heavy atom. The monoisotopic (exact) mass is 289 g/mol. The molecule has 0 aliphatic heterocycles. The molecule has 1 heterocycles. The molecule has 1 aromatic carbocycles. The van der Waals surface area contributed by atoms with Crippen molar-refractivity contribution >= 4 is 31.6 Å². The van der Waals surface area contributed by atoms with Crippen LogP contribution in [0, 0.1) is 6.92 Å². The molecule has 0 spiro atoms. The Hall–Kier alpha value is -1.39. The van der Waals surface area contributed by atoms with E-state index in [4.69, 9.17) is 4.43 Å². The zero-order valence-electron chi connectivity index (χ0n) is 11.8. The summed E-state index contributed by atoms with van der Waals surface area (Å²) in [4.78, 5) is 5.73. The highest BCUT2D eigenvalue weighted by Gasteiger charge is 2.19. The summed E-state index contributed by atoms with van der Waals surface area (Å²) in [7, 11) is -1.63. The molecule has 2 aromatic rings. The molecule has 0 saturated carbocycles. The van der Waals surface area contributed by atoms with E-state index in [0.29, 0.717) is 0 Å². The summed E-state index contributed by atoms with van der Waals surface area (Å²) in [5, 5.41) is 2.05. The van der Waals surface area contributed by atoms with Gasteiger partial charge in [0.05, 0.1) is 0 Å². The number of hydrogen-bond donors (Lipinski definition) is 0. The summed E-state index contributed by atoms with van der Waals surface area (Å²) >= 11 is 1.68. The van der Waals surface area contributed by atoms with Crippen LogP contribution in [0.5, 0.6) is 5.75 Å². The lowest BCUT2D eigenvalue weighted by atomic mass is 10.2. The van der Waals surface area contributed by atoms with Crippen molar-refractivity contribution in [2.75, 3.05) is 0 Å². The molecule has 100 valence electrons. The Bertz CT molecular complexity index is 570. The van der Waals surface area contributed by atoms with Crippen LogP contribution in [0.25, 0.3) is 0 Å². The number of nitrogens with zero attached hydrogens (tertiary/aromatic N) is 1. The average molecular weight is 289 g/mol. The number of rotatable bonds is 4. The highest BCUT2D eigenvalue weighted by molar-refractivity contribution is 7.11. The summed E-state index contributed by atoms with van der Waals surface area (Å²) in [5.74, 6) is 0.925. The third kappa shape index (κ3) is 4.04. The van der Waals surface area contributed by atoms with Gasteiger partial charge in [-0.3, -0.25) is 4.99 Å². The van der Waals surface area contributed by atoms with Crippen LogP contribution in [0.1, 0.15) is 10.4 Å². The minimum absolute atomic E-state index is 0.913. The van der Waals surface area contributed by atoms with Crippen molar-refractivity contribution in [1.82, 2.24) is 0 Å². The van der Waals surface area contributed by atoms with Gasteiger partial charge >= 0.3 is 0 Å². The molecule has 19 heavy (non-hydrogen) atoms. The minimum Gasteiger partial charge on any atom is -0.543 e. The van der Waals surface area contributed by atoms with Crippen LogP contribution in [0.3, 0.4) is 0 Å². The standard InChI is InChI=1S/C15H19NOSSi/c1-12-7-5-9-14(15(12)17-19(2,3)4)16-11-13-8-6-10-18-13/h5-11H,1-4H3. The maximum Gasteiger partial charge on any atom is 0.242 e. The van der Waals surface area contributed by atoms with Gasteiger partial charge in [-0.2, -0.15) is 0 Å². The lowest BCUT2D eigenvalue weighted by Crippen LogP contribution is -2.29. The van der Waals surface area contributed by atoms with E-state index in [-0.39, 0.29) is 0 Å². The topological polar surface area (TPSA) is 21.6 Å². The molecule has 0 unspecified atom stereocenters. The van der Waals surface area contributed by atoms with Gasteiger partial charge in [-0.15, -0.1) is 11.3 Å². The molecule has 0 radical (unpaired) electrons. The van der Waals surface area contributed by atoms with Crippen molar-refractivity contribution < 1.29 is 4.43 Å². The van der Waals surface area contributed by atoms with Crippen LogP contribution in [0.2, 0.25) is 19.6 Å². The van der Waals surface area contributed by atoms with Gasteiger partial charge in [0.25, 0.3) is 0 Å². The third-order valence-corrected chi connectivity index (χ3v) is 4.10. The first-order chi connectivity index (χ1) is 8.96. The van der Waals surface area contributed by atoms with Gasteiger partial charge in [0.2, 0.25) is 8.32 Å². The lowest BCUT2D eigenvalue weighted by Gasteiger charge is -2.22. The Labute approximate surface area is 119 Å². The zero-order chi connectivity index (χ0) is 13.9. The van der Waals surface area contributed by atoms with Crippen molar-refractivity contribution in [1.29, 1.82) is 0 Å². The van der Waals surface area contributed by atoms with Crippen LogP contribution < -0.4 is 4.43 Å². The van der Waals surface area contributed by atoms with Crippen molar-refractivity contribution in [3.63, 3.8) is 0 Å². The first kappa shape index (κ1) is 14.0. The Kier molecular flexibility index (Phi) is 4.22. The lowest BCUT2D eigenvalue weighted by molar-refractivity contribution is 0.554. The van der Waals surface area contributed by atoms with Gasteiger partial charge in [0, 0.05) is 11.1 Å². The van der Waals surface area contributed by atoms with Crippen LogP contribution >= 0.6 is 11.3 Å².